The normalized spacial score (nSPS) is 10.8. The Kier molecular flexibility index (Phi) is 2.59. The molecule has 3 aromatic rings. The number of hydrogen-bond donors (Lipinski definition) is 0. The first-order valence-electron chi connectivity index (χ1n) is 5.75. The van der Waals surface area contributed by atoms with Crippen LogP contribution in [0.5, 0.6) is 0 Å². The topological polar surface area (TPSA) is 47.3 Å². The number of carbonyl (C=O) groups excluding carboxylic acids is 1. The van der Waals surface area contributed by atoms with Gasteiger partial charge in [-0.05, 0) is 30.7 Å². The molecule has 0 N–H and O–H groups in total. The van der Waals surface area contributed by atoms with Crippen molar-refractivity contribution >= 4 is 11.3 Å². The maximum Gasteiger partial charge on any atom is 0.196 e. The van der Waals surface area contributed by atoms with Gasteiger partial charge in [-0.25, -0.2) is 8.91 Å². The quantitative estimate of drug-likeness (QED) is 0.661. The van der Waals surface area contributed by atoms with Gasteiger partial charge in [-0.15, -0.1) is 0 Å². The van der Waals surface area contributed by atoms with E-state index in [4.69, 9.17) is 0 Å². The molecule has 94 valence electrons. The van der Waals surface area contributed by atoms with E-state index in [0.29, 0.717) is 22.2 Å². The fourth-order valence-electron chi connectivity index (χ4n) is 1.95. The van der Waals surface area contributed by atoms with Crippen LogP contribution in [0, 0.1) is 12.7 Å². The highest BCUT2D eigenvalue weighted by Crippen LogP contribution is 2.17. The van der Waals surface area contributed by atoms with Crippen molar-refractivity contribution in [2.45, 2.75) is 6.92 Å². The predicted molar refractivity (Wildman–Crippen MR) is 67.6 cm³/mol. The zero-order chi connectivity index (χ0) is 13.4. The van der Waals surface area contributed by atoms with Crippen molar-refractivity contribution in [3.8, 4) is 0 Å². The third-order valence-corrected chi connectivity index (χ3v) is 2.99. The summed E-state index contributed by atoms with van der Waals surface area (Å²) < 4.78 is 14.8. The van der Waals surface area contributed by atoms with Crippen LogP contribution in [0.4, 0.5) is 4.39 Å². The monoisotopic (exact) mass is 255 g/mol. The van der Waals surface area contributed by atoms with Crippen LogP contribution >= 0.6 is 0 Å². The number of carbonyl (C=O) groups is 1. The molecule has 2 heterocycles. The Bertz CT molecular complexity index is 779. The highest BCUT2D eigenvalue weighted by atomic mass is 19.1. The zero-order valence-corrected chi connectivity index (χ0v) is 10.2. The Morgan fingerprint density at radius 2 is 2.16 bits per heavy atom. The lowest BCUT2D eigenvalue weighted by Gasteiger charge is -2.02. The molecule has 19 heavy (non-hydrogen) atoms. The van der Waals surface area contributed by atoms with Gasteiger partial charge in [0.15, 0.2) is 5.78 Å². The number of halogens is 1. The Balaban J connectivity index is 2.11. The molecule has 3 rings (SSSR count). The Labute approximate surface area is 108 Å². The van der Waals surface area contributed by atoms with Crippen LogP contribution in [-0.2, 0) is 0 Å². The molecule has 0 aliphatic rings. The van der Waals surface area contributed by atoms with Crippen LogP contribution in [0.1, 0.15) is 21.5 Å². The van der Waals surface area contributed by atoms with E-state index in [-0.39, 0.29) is 11.6 Å². The van der Waals surface area contributed by atoms with E-state index in [0.717, 1.165) is 0 Å². The van der Waals surface area contributed by atoms with Crippen molar-refractivity contribution in [1.29, 1.82) is 0 Å². The smallest absolute Gasteiger partial charge is 0.196 e. The van der Waals surface area contributed by atoms with Crippen LogP contribution < -0.4 is 0 Å². The third-order valence-electron chi connectivity index (χ3n) is 2.99. The highest BCUT2D eigenvalue weighted by molar-refractivity contribution is 6.12. The number of nitrogens with zero attached hydrogens (tertiary/aromatic N) is 3. The molecular formula is C14H10FN3O. The zero-order valence-electron chi connectivity index (χ0n) is 10.2. The molecule has 4 nitrogen and oxygen atoms in total. The van der Waals surface area contributed by atoms with E-state index in [1.165, 1.54) is 24.4 Å². The van der Waals surface area contributed by atoms with Gasteiger partial charge in [0.25, 0.3) is 0 Å². The summed E-state index contributed by atoms with van der Waals surface area (Å²) in [6.45, 7) is 1.63. The summed E-state index contributed by atoms with van der Waals surface area (Å²) in [6, 6.07) is 4.31. The SMILES string of the molecule is Cc1cc(C(=O)c2cnn3ccncc23)ccc1F. The largest absolute Gasteiger partial charge is 0.288 e. The first-order valence-corrected chi connectivity index (χ1v) is 5.75. The lowest BCUT2D eigenvalue weighted by Crippen LogP contribution is -2.02. The molecule has 2 aromatic heterocycles. The number of ketones is 1. The molecule has 0 saturated heterocycles. The van der Waals surface area contributed by atoms with E-state index in [9.17, 15) is 9.18 Å². The van der Waals surface area contributed by atoms with Crippen molar-refractivity contribution in [3.05, 3.63) is 65.5 Å². The number of benzene rings is 1. The van der Waals surface area contributed by atoms with Crippen molar-refractivity contribution in [1.82, 2.24) is 14.6 Å². The van der Waals surface area contributed by atoms with E-state index >= 15 is 0 Å². The Hall–Kier alpha value is -2.56. The number of aryl methyl sites for hydroxylation is 1. The van der Waals surface area contributed by atoms with Crippen LogP contribution in [0.3, 0.4) is 0 Å². The number of rotatable bonds is 2. The van der Waals surface area contributed by atoms with Gasteiger partial charge in [0.1, 0.15) is 5.82 Å². The summed E-state index contributed by atoms with van der Waals surface area (Å²) in [5.41, 5.74) is 1.98. The van der Waals surface area contributed by atoms with Gasteiger partial charge in [0.2, 0.25) is 0 Å². The molecule has 5 heteroatoms. The number of aromatic nitrogens is 3. The molecular weight excluding hydrogens is 245 g/mol. The second kappa shape index (κ2) is 4.28. The van der Waals surface area contributed by atoms with Gasteiger partial charge < -0.3 is 0 Å². The summed E-state index contributed by atoms with van der Waals surface area (Å²) in [7, 11) is 0. The first kappa shape index (κ1) is 11.5. The van der Waals surface area contributed by atoms with Gasteiger partial charge in [-0.2, -0.15) is 5.10 Å². The summed E-state index contributed by atoms with van der Waals surface area (Å²) in [6.07, 6.45) is 6.34. The van der Waals surface area contributed by atoms with Crippen molar-refractivity contribution in [3.63, 3.8) is 0 Å². The van der Waals surface area contributed by atoms with E-state index < -0.39 is 0 Å². The minimum absolute atomic E-state index is 0.189. The molecule has 0 aliphatic carbocycles. The fraction of sp³-hybridized carbons (Fsp3) is 0.0714. The molecule has 0 atom stereocenters. The predicted octanol–water partition coefficient (Wildman–Crippen LogP) is 2.41. The molecule has 0 unspecified atom stereocenters. The molecule has 0 spiro atoms. The van der Waals surface area contributed by atoms with Gasteiger partial charge in [-0.3, -0.25) is 9.78 Å². The summed E-state index contributed by atoms with van der Waals surface area (Å²) in [5.74, 6) is -0.510. The Morgan fingerprint density at radius 1 is 1.32 bits per heavy atom. The lowest BCUT2D eigenvalue weighted by atomic mass is 10.0. The lowest BCUT2D eigenvalue weighted by molar-refractivity contribution is 0.104. The Morgan fingerprint density at radius 3 is 2.95 bits per heavy atom. The van der Waals surface area contributed by atoms with E-state index in [1.807, 2.05) is 0 Å². The number of hydrogen-bond acceptors (Lipinski definition) is 3. The summed E-state index contributed by atoms with van der Waals surface area (Å²) in [4.78, 5) is 16.4. The summed E-state index contributed by atoms with van der Waals surface area (Å²) in [5, 5.41) is 4.09. The van der Waals surface area contributed by atoms with Crippen molar-refractivity contribution in [2.24, 2.45) is 0 Å². The van der Waals surface area contributed by atoms with Crippen LogP contribution in [0.25, 0.3) is 5.52 Å². The average molecular weight is 255 g/mol. The fourth-order valence-corrected chi connectivity index (χ4v) is 1.95. The van der Waals surface area contributed by atoms with Crippen molar-refractivity contribution in [2.75, 3.05) is 0 Å². The molecule has 0 amide bonds. The molecule has 0 aliphatic heterocycles. The molecule has 0 saturated carbocycles. The summed E-state index contributed by atoms with van der Waals surface area (Å²) >= 11 is 0. The van der Waals surface area contributed by atoms with Gasteiger partial charge in [-0.1, -0.05) is 0 Å². The van der Waals surface area contributed by atoms with Gasteiger partial charge >= 0.3 is 0 Å². The van der Waals surface area contributed by atoms with Gasteiger partial charge in [0.05, 0.1) is 23.5 Å². The van der Waals surface area contributed by atoms with Crippen LogP contribution in [0.15, 0.2) is 43.0 Å². The molecule has 1 aromatic carbocycles. The van der Waals surface area contributed by atoms with Crippen LogP contribution in [-0.4, -0.2) is 20.4 Å². The molecule has 0 fully saturated rings. The number of fused-ring (bicyclic) bond motifs is 1. The third kappa shape index (κ3) is 1.89. The van der Waals surface area contributed by atoms with Gasteiger partial charge in [0, 0.05) is 18.0 Å². The average Bonchev–Trinajstić information content (AvgIpc) is 2.85. The second-order valence-electron chi connectivity index (χ2n) is 4.26. The van der Waals surface area contributed by atoms with Crippen molar-refractivity contribution < 1.29 is 9.18 Å². The maximum absolute atomic E-state index is 13.2. The second-order valence-corrected chi connectivity index (χ2v) is 4.26. The van der Waals surface area contributed by atoms with Crippen LogP contribution in [0.2, 0.25) is 0 Å². The highest BCUT2D eigenvalue weighted by Gasteiger charge is 2.15. The molecule has 0 bridgehead atoms. The first-order chi connectivity index (χ1) is 9.16. The van der Waals surface area contributed by atoms with E-state index in [2.05, 4.69) is 10.1 Å². The minimum atomic E-state index is -0.321. The minimum Gasteiger partial charge on any atom is -0.288 e. The standard InChI is InChI=1S/C14H10FN3O/c1-9-6-10(2-3-12(9)15)14(19)11-7-17-18-5-4-16-8-13(11)18/h2-8H,1H3. The van der Waals surface area contributed by atoms with E-state index in [1.54, 1.807) is 30.0 Å². The maximum atomic E-state index is 13.2. The molecule has 0 radical (unpaired) electrons.